The van der Waals surface area contributed by atoms with Crippen LogP contribution in [0.25, 0.3) is 0 Å². The molecule has 0 N–H and O–H groups in total. The second kappa shape index (κ2) is 6.66. The zero-order valence-electron chi connectivity index (χ0n) is 13.4. The first-order valence-corrected chi connectivity index (χ1v) is 7.83. The molecule has 1 aliphatic rings. The zero-order valence-corrected chi connectivity index (χ0v) is 13.4. The van der Waals surface area contributed by atoms with Crippen molar-refractivity contribution in [3.05, 3.63) is 60.2 Å². The Labute approximate surface area is 140 Å². The fourth-order valence-corrected chi connectivity index (χ4v) is 2.86. The van der Waals surface area contributed by atoms with Gasteiger partial charge in [0.25, 0.3) is 5.91 Å². The van der Waals surface area contributed by atoms with E-state index in [1.807, 2.05) is 30.3 Å². The molecular formula is C19H18N2O3. The summed E-state index contributed by atoms with van der Waals surface area (Å²) in [7, 11) is 0. The number of para-hydroxylation sites is 2. The number of Topliss-reactive ketones (excluding diaryl/α,β-unsaturated/α-hetero) is 1. The third-order valence-corrected chi connectivity index (χ3v) is 3.96. The van der Waals surface area contributed by atoms with Crippen LogP contribution in [0, 0.1) is 0 Å². The summed E-state index contributed by atoms with van der Waals surface area (Å²) in [6.45, 7) is 1.76. The minimum atomic E-state index is -0.152. The monoisotopic (exact) mass is 322 g/mol. The highest BCUT2D eigenvalue weighted by atomic mass is 16.2. The summed E-state index contributed by atoms with van der Waals surface area (Å²) in [4.78, 5) is 40.0. The van der Waals surface area contributed by atoms with Gasteiger partial charge in [0.1, 0.15) is 5.78 Å². The number of carbonyl (C=O) groups is 3. The molecule has 0 saturated carbocycles. The lowest BCUT2D eigenvalue weighted by atomic mass is 10.1. The number of hydrogen-bond donors (Lipinski definition) is 0. The molecule has 0 atom stereocenters. The number of rotatable bonds is 3. The molecule has 24 heavy (non-hydrogen) atoms. The molecule has 0 aliphatic carbocycles. The zero-order chi connectivity index (χ0) is 17.1. The van der Waals surface area contributed by atoms with Crippen LogP contribution in [0.5, 0.6) is 0 Å². The van der Waals surface area contributed by atoms with Gasteiger partial charge in [-0.2, -0.15) is 0 Å². The average Bonchev–Trinajstić information content (AvgIpc) is 2.73. The number of hydrogen-bond acceptors (Lipinski definition) is 3. The van der Waals surface area contributed by atoms with E-state index in [9.17, 15) is 14.4 Å². The van der Waals surface area contributed by atoms with Crippen molar-refractivity contribution in [2.24, 2.45) is 0 Å². The number of carbonyl (C=O) groups excluding carboxylic acids is 3. The molecule has 0 unspecified atom stereocenters. The van der Waals surface area contributed by atoms with Gasteiger partial charge in [0.15, 0.2) is 0 Å². The van der Waals surface area contributed by atoms with Crippen molar-refractivity contribution in [1.82, 2.24) is 0 Å². The van der Waals surface area contributed by atoms with E-state index in [0.717, 1.165) is 0 Å². The molecule has 1 heterocycles. The van der Waals surface area contributed by atoms with Crippen molar-refractivity contribution in [2.75, 3.05) is 22.9 Å². The van der Waals surface area contributed by atoms with Gasteiger partial charge in [0.2, 0.25) is 5.91 Å². The van der Waals surface area contributed by atoms with Crippen LogP contribution < -0.4 is 9.80 Å². The van der Waals surface area contributed by atoms with Gasteiger partial charge in [0, 0.05) is 18.5 Å². The van der Waals surface area contributed by atoms with Gasteiger partial charge in [-0.1, -0.05) is 30.3 Å². The molecule has 0 radical (unpaired) electrons. The molecule has 1 aliphatic heterocycles. The van der Waals surface area contributed by atoms with Gasteiger partial charge in [-0.05, 0) is 31.2 Å². The lowest BCUT2D eigenvalue weighted by Gasteiger charge is -2.25. The minimum absolute atomic E-state index is 0.0171. The van der Waals surface area contributed by atoms with E-state index >= 15 is 0 Å². The van der Waals surface area contributed by atoms with Crippen LogP contribution in [0.4, 0.5) is 11.4 Å². The molecule has 0 bridgehead atoms. The molecule has 0 saturated heterocycles. The highest BCUT2D eigenvalue weighted by Gasteiger charge is 2.29. The highest BCUT2D eigenvalue weighted by molar-refractivity contribution is 6.11. The van der Waals surface area contributed by atoms with Gasteiger partial charge in [-0.3, -0.25) is 14.4 Å². The Hall–Kier alpha value is -2.95. The van der Waals surface area contributed by atoms with Crippen molar-refractivity contribution in [3.8, 4) is 0 Å². The summed E-state index contributed by atoms with van der Waals surface area (Å²) >= 11 is 0. The van der Waals surface area contributed by atoms with E-state index in [1.165, 1.54) is 11.8 Å². The van der Waals surface area contributed by atoms with E-state index in [-0.39, 0.29) is 37.1 Å². The average molecular weight is 322 g/mol. The van der Waals surface area contributed by atoms with E-state index in [4.69, 9.17) is 0 Å². The first-order chi connectivity index (χ1) is 11.6. The molecule has 122 valence electrons. The molecule has 2 aromatic rings. The lowest BCUT2D eigenvalue weighted by Crippen LogP contribution is -2.34. The number of amides is 2. The quantitative estimate of drug-likeness (QED) is 0.873. The SMILES string of the molecule is CC(=O)CN1C(=O)CCN(C(=O)c2ccccc2)c2ccccc21. The Morgan fingerprint density at radius 3 is 2.25 bits per heavy atom. The van der Waals surface area contributed by atoms with E-state index < -0.39 is 0 Å². The van der Waals surface area contributed by atoms with E-state index in [2.05, 4.69) is 0 Å². The maximum atomic E-state index is 12.9. The van der Waals surface area contributed by atoms with Crippen molar-refractivity contribution < 1.29 is 14.4 Å². The number of ketones is 1. The molecule has 0 spiro atoms. The second-order valence-corrected chi connectivity index (χ2v) is 5.74. The number of fused-ring (bicyclic) bond motifs is 1. The fraction of sp³-hybridized carbons (Fsp3) is 0.211. The molecule has 5 heteroatoms. The van der Waals surface area contributed by atoms with Crippen LogP contribution in [0.15, 0.2) is 54.6 Å². The van der Waals surface area contributed by atoms with E-state index in [1.54, 1.807) is 29.2 Å². The molecular weight excluding hydrogens is 304 g/mol. The van der Waals surface area contributed by atoms with Crippen molar-refractivity contribution in [2.45, 2.75) is 13.3 Å². The van der Waals surface area contributed by atoms with Gasteiger partial charge < -0.3 is 9.80 Å². The normalized spacial score (nSPS) is 14.1. The number of anilines is 2. The van der Waals surface area contributed by atoms with Crippen LogP contribution in [-0.2, 0) is 9.59 Å². The summed E-state index contributed by atoms with van der Waals surface area (Å²) in [6, 6.07) is 16.2. The molecule has 3 rings (SSSR count). The second-order valence-electron chi connectivity index (χ2n) is 5.74. The number of benzene rings is 2. The Kier molecular flexibility index (Phi) is 4.42. The van der Waals surface area contributed by atoms with E-state index in [0.29, 0.717) is 16.9 Å². The Bertz CT molecular complexity index is 786. The van der Waals surface area contributed by atoms with Crippen LogP contribution in [0.3, 0.4) is 0 Å². The summed E-state index contributed by atoms with van der Waals surface area (Å²) in [5.41, 5.74) is 1.82. The lowest BCUT2D eigenvalue weighted by molar-refractivity contribution is -0.121. The molecule has 5 nitrogen and oxygen atoms in total. The van der Waals surface area contributed by atoms with Crippen LogP contribution in [0.2, 0.25) is 0 Å². The van der Waals surface area contributed by atoms with Gasteiger partial charge in [0.05, 0.1) is 17.9 Å². The molecule has 0 aromatic heterocycles. The third-order valence-electron chi connectivity index (χ3n) is 3.96. The molecule has 2 aromatic carbocycles. The van der Waals surface area contributed by atoms with Crippen molar-refractivity contribution in [1.29, 1.82) is 0 Å². The summed E-state index contributed by atoms with van der Waals surface area (Å²) in [6.07, 6.45) is 0.181. The third kappa shape index (κ3) is 3.06. The molecule has 2 amide bonds. The molecule has 0 fully saturated rings. The van der Waals surface area contributed by atoms with Crippen molar-refractivity contribution in [3.63, 3.8) is 0 Å². The summed E-state index contributed by atoms with van der Waals surface area (Å²) < 4.78 is 0. The first kappa shape index (κ1) is 15.9. The fourth-order valence-electron chi connectivity index (χ4n) is 2.86. The Morgan fingerprint density at radius 1 is 0.958 bits per heavy atom. The number of nitrogens with zero attached hydrogens (tertiary/aromatic N) is 2. The predicted molar refractivity (Wildman–Crippen MR) is 92.2 cm³/mol. The predicted octanol–water partition coefficient (Wildman–Crippen LogP) is 2.66. The minimum Gasteiger partial charge on any atom is -0.306 e. The summed E-state index contributed by atoms with van der Waals surface area (Å²) in [5.74, 6) is -0.400. The standard InChI is InChI=1S/C19H18N2O3/c1-14(22)13-21-17-10-6-5-9-16(17)20(12-11-18(21)23)19(24)15-7-3-2-4-8-15/h2-10H,11-13H2,1H3. The van der Waals surface area contributed by atoms with Gasteiger partial charge in [-0.25, -0.2) is 0 Å². The maximum Gasteiger partial charge on any atom is 0.258 e. The van der Waals surface area contributed by atoms with Gasteiger partial charge >= 0.3 is 0 Å². The maximum absolute atomic E-state index is 12.9. The van der Waals surface area contributed by atoms with Crippen molar-refractivity contribution >= 4 is 29.0 Å². The van der Waals surface area contributed by atoms with Gasteiger partial charge in [-0.15, -0.1) is 0 Å². The van der Waals surface area contributed by atoms with Crippen LogP contribution in [-0.4, -0.2) is 30.7 Å². The highest BCUT2D eigenvalue weighted by Crippen LogP contribution is 2.33. The topological polar surface area (TPSA) is 57.7 Å². The smallest absolute Gasteiger partial charge is 0.258 e. The van der Waals surface area contributed by atoms with Crippen LogP contribution in [0.1, 0.15) is 23.7 Å². The Morgan fingerprint density at radius 2 is 1.58 bits per heavy atom. The first-order valence-electron chi connectivity index (χ1n) is 7.83. The van der Waals surface area contributed by atoms with Crippen LogP contribution >= 0.6 is 0 Å². The Balaban J connectivity index is 2.04. The summed E-state index contributed by atoms with van der Waals surface area (Å²) in [5, 5.41) is 0. The largest absolute Gasteiger partial charge is 0.306 e.